The minimum atomic E-state index is -3.49. The number of ether oxygens (including phenoxy) is 2. The summed E-state index contributed by atoms with van der Waals surface area (Å²) >= 11 is 0. The first-order valence-corrected chi connectivity index (χ1v) is 16.7. The SMILES string of the molecule is CCCCCCCCCCCCCCCCS(=O)(=O)N/N=C(\c1ccc(OC)c(OC)c1)N1CCCCC1. The molecule has 1 fully saturated rings. The fourth-order valence-corrected chi connectivity index (χ4v) is 5.94. The first-order chi connectivity index (χ1) is 18.5. The number of sulfonamides is 1. The van der Waals surface area contributed by atoms with Crippen LogP contribution in [-0.4, -0.2) is 52.2 Å². The monoisotopic (exact) mass is 551 g/mol. The highest BCUT2D eigenvalue weighted by Gasteiger charge is 2.20. The molecule has 8 heteroatoms. The number of methoxy groups -OCH3 is 2. The van der Waals surface area contributed by atoms with Crippen LogP contribution in [0.4, 0.5) is 0 Å². The maximum Gasteiger partial charge on any atom is 0.247 e. The molecule has 218 valence electrons. The molecule has 7 nitrogen and oxygen atoms in total. The number of amidine groups is 1. The molecule has 1 aliphatic rings. The quantitative estimate of drug-likeness (QED) is 0.0799. The first kappa shape index (κ1) is 32.3. The third kappa shape index (κ3) is 12.7. The molecule has 0 bridgehead atoms. The Kier molecular flexibility index (Phi) is 16.3. The van der Waals surface area contributed by atoms with Crippen molar-refractivity contribution in [2.24, 2.45) is 5.10 Å². The lowest BCUT2D eigenvalue weighted by Gasteiger charge is -2.30. The van der Waals surface area contributed by atoms with Gasteiger partial charge >= 0.3 is 0 Å². The zero-order valence-corrected chi connectivity index (χ0v) is 25.1. The van der Waals surface area contributed by atoms with Crippen molar-refractivity contribution in [2.75, 3.05) is 33.1 Å². The van der Waals surface area contributed by atoms with E-state index in [2.05, 4.69) is 21.8 Å². The summed E-state index contributed by atoms with van der Waals surface area (Å²) in [5.41, 5.74) is 0.809. The van der Waals surface area contributed by atoms with Crippen molar-refractivity contribution in [1.29, 1.82) is 0 Å². The maximum atomic E-state index is 12.7. The Bertz CT molecular complexity index is 899. The molecule has 1 saturated heterocycles. The van der Waals surface area contributed by atoms with Gasteiger partial charge in [-0.25, -0.2) is 13.2 Å². The van der Waals surface area contributed by atoms with Gasteiger partial charge in [0.2, 0.25) is 10.0 Å². The summed E-state index contributed by atoms with van der Waals surface area (Å²) in [6.45, 7) is 3.97. The van der Waals surface area contributed by atoms with Crippen LogP contribution in [0, 0.1) is 0 Å². The van der Waals surface area contributed by atoms with E-state index < -0.39 is 10.0 Å². The Hall–Kier alpha value is -1.96. The highest BCUT2D eigenvalue weighted by molar-refractivity contribution is 7.89. The van der Waals surface area contributed by atoms with Crippen LogP contribution < -0.4 is 14.3 Å². The molecule has 1 N–H and O–H groups in total. The second-order valence-electron chi connectivity index (χ2n) is 10.6. The number of hydrogen-bond acceptors (Lipinski definition) is 5. The summed E-state index contributed by atoms with van der Waals surface area (Å²) < 4.78 is 36.2. The minimum absolute atomic E-state index is 0.105. The molecule has 0 amide bonds. The highest BCUT2D eigenvalue weighted by atomic mass is 32.2. The number of likely N-dealkylation sites (tertiary alicyclic amines) is 1. The maximum absolute atomic E-state index is 12.7. The molecular weight excluding hydrogens is 498 g/mol. The van der Waals surface area contributed by atoms with Crippen LogP contribution in [0.25, 0.3) is 0 Å². The van der Waals surface area contributed by atoms with Crippen molar-refractivity contribution in [3.05, 3.63) is 23.8 Å². The van der Waals surface area contributed by atoms with E-state index in [1.807, 2.05) is 18.2 Å². The van der Waals surface area contributed by atoms with Gasteiger partial charge in [-0.15, -0.1) is 5.10 Å². The van der Waals surface area contributed by atoms with Gasteiger partial charge in [0, 0.05) is 18.7 Å². The van der Waals surface area contributed by atoms with Crippen LogP contribution in [0.3, 0.4) is 0 Å². The van der Waals surface area contributed by atoms with Gasteiger partial charge in [0.25, 0.3) is 0 Å². The second kappa shape index (κ2) is 19.2. The molecule has 0 spiro atoms. The standard InChI is InChI=1S/C30H53N3O4S/c1-4-5-6-7-8-9-10-11-12-13-14-15-16-20-25-38(34,35)32-31-30(33-23-18-17-19-24-33)27-21-22-28(36-2)29(26-27)37-3/h21-22,26,32H,4-20,23-25H2,1-3H3/b31-30+. The predicted octanol–water partition coefficient (Wildman–Crippen LogP) is 7.25. The van der Waals surface area contributed by atoms with Crippen LogP contribution >= 0.6 is 0 Å². The number of piperidine rings is 1. The number of hydrazone groups is 1. The van der Waals surface area contributed by atoms with Crippen LogP contribution in [0.15, 0.2) is 23.3 Å². The molecule has 1 aromatic carbocycles. The Morgan fingerprint density at radius 1 is 0.789 bits per heavy atom. The van der Waals surface area contributed by atoms with Gasteiger partial charge in [-0.1, -0.05) is 90.4 Å². The van der Waals surface area contributed by atoms with E-state index in [1.54, 1.807) is 14.2 Å². The molecule has 2 rings (SSSR count). The molecule has 38 heavy (non-hydrogen) atoms. The van der Waals surface area contributed by atoms with Crippen molar-refractivity contribution in [3.63, 3.8) is 0 Å². The lowest BCUT2D eigenvalue weighted by atomic mass is 10.0. The fraction of sp³-hybridized carbons (Fsp3) is 0.767. The number of hydrogen-bond donors (Lipinski definition) is 1. The molecule has 1 heterocycles. The van der Waals surface area contributed by atoms with E-state index in [9.17, 15) is 8.42 Å². The minimum Gasteiger partial charge on any atom is -0.493 e. The van der Waals surface area contributed by atoms with Crippen LogP contribution in [0.5, 0.6) is 11.5 Å². The van der Waals surface area contributed by atoms with Crippen LogP contribution in [-0.2, 0) is 10.0 Å². The van der Waals surface area contributed by atoms with Crippen molar-refractivity contribution < 1.29 is 17.9 Å². The number of nitrogens with zero attached hydrogens (tertiary/aromatic N) is 2. The van der Waals surface area contributed by atoms with Crippen molar-refractivity contribution in [1.82, 2.24) is 9.73 Å². The molecule has 0 atom stereocenters. The second-order valence-corrected chi connectivity index (χ2v) is 12.4. The number of unbranched alkanes of at least 4 members (excludes halogenated alkanes) is 13. The average Bonchev–Trinajstić information content (AvgIpc) is 2.93. The van der Waals surface area contributed by atoms with Gasteiger partial charge in [-0.3, -0.25) is 0 Å². The first-order valence-electron chi connectivity index (χ1n) is 15.0. The zero-order chi connectivity index (χ0) is 27.5. The fourth-order valence-electron chi connectivity index (χ4n) is 5.04. The molecule has 0 unspecified atom stereocenters. The summed E-state index contributed by atoms with van der Waals surface area (Å²) in [5, 5.41) is 4.41. The van der Waals surface area contributed by atoms with E-state index in [4.69, 9.17) is 9.47 Å². The number of rotatable bonds is 20. The van der Waals surface area contributed by atoms with E-state index in [0.717, 1.165) is 44.3 Å². The lowest BCUT2D eigenvalue weighted by molar-refractivity contribution is 0.340. The Labute approximate surface area is 232 Å². The lowest BCUT2D eigenvalue weighted by Crippen LogP contribution is -2.38. The van der Waals surface area contributed by atoms with Gasteiger partial charge < -0.3 is 14.4 Å². The van der Waals surface area contributed by atoms with Crippen molar-refractivity contribution in [3.8, 4) is 11.5 Å². The molecular formula is C30H53N3O4S. The normalized spacial score (nSPS) is 14.5. The number of benzene rings is 1. The predicted molar refractivity (Wildman–Crippen MR) is 159 cm³/mol. The van der Waals surface area contributed by atoms with Gasteiger partial charge in [0.05, 0.1) is 20.0 Å². The van der Waals surface area contributed by atoms with E-state index in [0.29, 0.717) is 23.8 Å². The summed E-state index contributed by atoms with van der Waals surface area (Å²) in [4.78, 5) is 4.67. The van der Waals surface area contributed by atoms with Crippen LogP contribution in [0.2, 0.25) is 0 Å². The molecule has 0 aliphatic carbocycles. The van der Waals surface area contributed by atoms with E-state index in [-0.39, 0.29) is 5.75 Å². The molecule has 0 aromatic heterocycles. The smallest absolute Gasteiger partial charge is 0.247 e. The van der Waals surface area contributed by atoms with Gasteiger partial charge in [0.15, 0.2) is 17.3 Å². The zero-order valence-electron chi connectivity index (χ0n) is 24.3. The molecule has 1 aliphatic heterocycles. The summed E-state index contributed by atoms with van der Waals surface area (Å²) in [7, 11) is -0.293. The van der Waals surface area contributed by atoms with Gasteiger partial charge in [-0.2, -0.15) is 0 Å². The molecule has 0 saturated carbocycles. The van der Waals surface area contributed by atoms with Gasteiger partial charge in [-0.05, 0) is 43.9 Å². The molecule has 1 aromatic rings. The van der Waals surface area contributed by atoms with Crippen molar-refractivity contribution >= 4 is 15.9 Å². The highest BCUT2D eigenvalue weighted by Crippen LogP contribution is 2.28. The summed E-state index contributed by atoms with van der Waals surface area (Å²) in [6.07, 6.45) is 20.7. The average molecular weight is 552 g/mol. The van der Waals surface area contributed by atoms with E-state index in [1.165, 1.54) is 77.0 Å². The Morgan fingerprint density at radius 2 is 1.32 bits per heavy atom. The molecule has 0 radical (unpaired) electrons. The largest absolute Gasteiger partial charge is 0.493 e. The third-order valence-corrected chi connectivity index (χ3v) is 8.55. The summed E-state index contributed by atoms with van der Waals surface area (Å²) in [6, 6.07) is 5.58. The van der Waals surface area contributed by atoms with Gasteiger partial charge in [0.1, 0.15) is 0 Å². The van der Waals surface area contributed by atoms with Crippen LogP contribution in [0.1, 0.15) is 122 Å². The van der Waals surface area contributed by atoms with Crippen molar-refractivity contribution in [2.45, 2.75) is 116 Å². The topological polar surface area (TPSA) is 80.2 Å². The Morgan fingerprint density at radius 3 is 1.84 bits per heavy atom. The summed E-state index contributed by atoms with van der Waals surface area (Å²) in [5.74, 6) is 1.97. The number of nitrogens with one attached hydrogen (secondary N) is 1. The van der Waals surface area contributed by atoms with E-state index >= 15 is 0 Å². The third-order valence-electron chi connectivity index (χ3n) is 7.35. The Balaban J connectivity index is 1.73.